The molecule has 114 valence electrons. The topological polar surface area (TPSA) is 52.6 Å². The summed E-state index contributed by atoms with van der Waals surface area (Å²) in [5.41, 5.74) is 1.03. The smallest absolute Gasteiger partial charge is 0.107 e. The van der Waals surface area contributed by atoms with Crippen molar-refractivity contribution in [3.63, 3.8) is 0 Å². The fourth-order valence-corrected chi connectivity index (χ4v) is 2.43. The summed E-state index contributed by atoms with van der Waals surface area (Å²) in [7, 11) is 1.68. The summed E-state index contributed by atoms with van der Waals surface area (Å²) in [4.78, 5) is 4.55. The Morgan fingerprint density at radius 2 is 2.10 bits per heavy atom. The van der Waals surface area contributed by atoms with Gasteiger partial charge in [0.15, 0.2) is 0 Å². The van der Waals surface area contributed by atoms with E-state index in [4.69, 9.17) is 14.2 Å². The molecule has 1 N–H and O–H groups in total. The second-order valence-electron chi connectivity index (χ2n) is 4.90. The van der Waals surface area contributed by atoms with E-state index in [2.05, 4.69) is 15.7 Å². The lowest BCUT2D eigenvalue weighted by atomic mass is 10.5. The van der Waals surface area contributed by atoms with Gasteiger partial charge in [-0.15, -0.1) is 11.3 Å². The Hall–Kier alpha value is -0.530. The van der Waals surface area contributed by atoms with Gasteiger partial charge in [0.05, 0.1) is 25.5 Å². The number of nitrogens with zero attached hydrogens (tertiary/aromatic N) is 1. The molecule has 0 bridgehead atoms. The Labute approximate surface area is 124 Å². The molecule has 0 atom stereocenters. The number of aromatic nitrogens is 1. The molecule has 0 aliphatic heterocycles. The van der Waals surface area contributed by atoms with Gasteiger partial charge in [-0.25, -0.2) is 4.98 Å². The summed E-state index contributed by atoms with van der Waals surface area (Å²) in [5.74, 6) is 0. The first-order valence-corrected chi connectivity index (χ1v) is 8.07. The first kappa shape index (κ1) is 15.9. The first-order valence-electron chi connectivity index (χ1n) is 7.19. The van der Waals surface area contributed by atoms with Crippen molar-refractivity contribution in [1.82, 2.24) is 10.3 Å². The molecule has 6 heteroatoms. The van der Waals surface area contributed by atoms with Crippen LogP contribution in [0, 0.1) is 0 Å². The van der Waals surface area contributed by atoms with Gasteiger partial charge in [0.2, 0.25) is 0 Å². The lowest BCUT2D eigenvalue weighted by molar-refractivity contribution is 0.0479. The van der Waals surface area contributed by atoms with Gasteiger partial charge >= 0.3 is 0 Å². The molecule has 0 unspecified atom stereocenters. The molecule has 0 aromatic carbocycles. The predicted octanol–water partition coefficient (Wildman–Crippen LogP) is 1.96. The van der Waals surface area contributed by atoms with Crippen LogP contribution in [0.2, 0.25) is 0 Å². The van der Waals surface area contributed by atoms with Crippen molar-refractivity contribution in [2.75, 3.05) is 33.5 Å². The number of methoxy groups -OCH3 is 1. The Balaban J connectivity index is 1.46. The molecule has 1 aromatic rings. The van der Waals surface area contributed by atoms with Crippen LogP contribution >= 0.6 is 11.3 Å². The van der Waals surface area contributed by atoms with E-state index in [1.165, 1.54) is 12.8 Å². The Morgan fingerprint density at radius 3 is 2.90 bits per heavy atom. The highest BCUT2D eigenvalue weighted by molar-refractivity contribution is 7.09. The minimum Gasteiger partial charge on any atom is -0.382 e. The standard InChI is InChI=1S/C14H24N2O3S/c1-17-7-8-18-5-2-6-19-10-13-11-20-14(16-13)9-15-12-3-4-12/h11-12,15H,2-10H2,1H3. The fraction of sp³-hybridized carbons (Fsp3) is 0.786. The van der Waals surface area contributed by atoms with E-state index in [0.29, 0.717) is 26.4 Å². The van der Waals surface area contributed by atoms with Crippen molar-refractivity contribution in [1.29, 1.82) is 0 Å². The van der Waals surface area contributed by atoms with Crippen LogP contribution in [0.4, 0.5) is 0 Å². The van der Waals surface area contributed by atoms with E-state index >= 15 is 0 Å². The van der Waals surface area contributed by atoms with Crippen LogP contribution in [-0.2, 0) is 27.4 Å². The summed E-state index contributed by atoms with van der Waals surface area (Å²) >= 11 is 1.70. The molecular formula is C14H24N2O3S. The molecule has 1 aliphatic carbocycles. The van der Waals surface area contributed by atoms with Gasteiger partial charge in [0.25, 0.3) is 0 Å². The molecule has 5 nitrogen and oxygen atoms in total. The molecule has 20 heavy (non-hydrogen) atoms. The zero-order valence-electron chi connectivity index (χ0n) is 12.1. The van der Waals surface area contributed by atoms with Gasteiger partial charge < -0.3 is 19.5 Å². The first-order chi connectivity index (χ1) is 9.88. The molecule has 1 heterocycles. The maximum absolute atomic E-state index is 5.59. The maximum Gasteiger partial charge on any atom is 0.107 e. The molecule has 1 aromatic heterocycles. The second-order valence-corrected chi connectivity index (χ2v) is 5.84. The number of nitrogens with one attached hydrogen (secondary N) is 1. The minimum absolute atomic E-state index is 0.595. The van der Waals surface area contributed by atoms with Crippen LogP contribution in [0.25, 0.3) is 0 Å². The van der Waals surface area contributed by atoms with Crippen molar-refractivity contribution >= 4 is 11.3 Å². The monoisotopic (exact) mass is 300 g/mol. The van der Waals surface area contributed by atoms with Crippen LogP contribution in [-0.4, -0.2) is 44.6 Å². The van der Waals surface area contributed by atoms with Gasteiger partial charge in [-0.1, -0.05) is 0 Å². The van der Waals surface area contributed by atoms with Crippen molar-refractivity contribution in [3.8, 4) is 0 Å². The second kappa shape index (κ2) is 9.41. The molecule has 0 spiro atoms. The third-order valence-electron chi connectivity index (χ3n) is 2.98. The highest BCUT2D eigenvalue weighted by atomic mass is 32.1. The van der Waals surface area contributed by atoms with E-state index < -0.39 is 0 Å². The van der Waals surface area contributed by atoms with Crippen LogP contribution in [0.5, 0.6) is 0 Å². The number of thiazole rings is 1. The maximum atomic E-state index is 5.59. The molecule has 1 aliphatic rings. The summed E-state index contributed by atoms with van der Waals surface area (Å²) in [6.07, 6.45) is 3.53. The van der Waals surface area contributed by atoms with Crippen LogP contribution in [0.3, 0.4) is 0 Å². The number of hydrogen-bond donors (Lipinski definition) is 1. The molecule has 2 rings (SSSR count). The van der Waals surface area contributed by atoms with Crippen LogP contribution in [0.15, 0.2) is 5.38 Å². The average Bonchev–Trinajstić information content (AvgIpc) is 3.18. The van der Waals surface area contributed by atoms with Crippen LogP contribution < -0.4 is 5.32 Å². The van der Waals surface area contributed by atoms with Gasteiger partial charge in [-0.05, 0) is 19.3 Å². The normalized spacial score (nSPS) is 14.8. The quantitative estimate of drug-likeness (QED) is 0.598. The van der Waals surface area contributed by atoms with Gasteiger partial charge in [0, 0.05) is 38.3 Å². The zero-order chi connectivity index (χ0) is 14.0. The zero-order valence-corrected chi connectivity index (χ0v) is 12.9. The largest absolute Gasteiger partial charge is 0.382 e. The molecule has 1 fully saturated rings. The number of ether oxygens (including phenoxy) is 3. The number of hydrogen-bond acceptors (Lipinski definition) is 6. The Kier molecular flexibility index (Phi) is 7.46. The average molecular weight is 300 g/mol. The Morgan fingerprint density at radius 1 is 1.25 bits per heavy atom. The van der Waals surface area contributed by atoms with Gasteiger partial charge in [-0.2, -0.15) is 0 Å². The van der Waals surface area contributed by atoms with Crippen molar-refractivity contribution in [2.45, 2.75) is 38.5 Å². The lowest BCUT2D eigenvalue weighted by Crippen LogP contribution is -2.15. The SMILES string of the molecule is COCCOCCCOCc1csc(CNC2CC2)n1. The highest BCUT2D eigenvalue weighted by Gasteiger charge is 2.20. The summed E-state index contributed by atoms with van der Waals surface area (Å²) in [5, 5.41) is 6.70. The van der Waals surface area contributed by atoms with Crippen molar-refractivity contribution in [2.24, 2.45) is 0 Å². The van der Waals surface area contributed by atoms with Crippen molar-refractivity contribution in [3.05, 3.63) is 16.1 Å². The molecule has 0 radical (unpaired) electrons. The summed E-state index contributed by atoms with van der Waals surface area (Å²) in [6, 6.07) is 0.733. The van der Waals surface area contributed by atoms with E-state index in [-0.39, 0.29) is 0 Å². The Bertz CT molecular complexity index is 369. The fourth-order valence-electron chi connectivity index (χ4n) is 1.70. The molecule has 1 saturated carbocycles. The van der Waals surface area contributed by atoms with Gasteiger partial charge in [0.1, 0.15) is 5.01 Å². The van der Waals surface area contributed by atoms with E-state index in [0.717, 1.165) is 36.3 Å². The minimum atomic E-state index is 0.595. The summed E-state index contributed by atoms with van der Waals surface area (Å²) < 4.78 is 15.9. The van der Waals surface area contributed by atoms with Gasteiger partial charge in [-0.3, -0.25) is 0 Å². The van der Waals surface area contributed by atoms with Crippen molar-refractivity contribution < 1.29 is 14.2 Å². The third-order valence-corrected chi connectivity index (χ3v) is 3.88. The van der Waals surface area contributed by atoms with E-state index in [1.807, 2.05) is 0 Å². The summed E-state index contributed by atoms with van der Waals surface area (Å²) in [6.45, 7) is 4.22. The molecule has 0 amide bonds. The highest BCUT2D eigenvalue weighted by Crippen LogP contribution is 2.20. The number of rotatable bonds is 12. The lowest BCUT2D eigenvalue weighted by Gasteiger charge is -2.04. The molecular weight excluding hydrogens is 276 g/mol. The van der Waals surface area contributed by atoms with E-state index in [9.17, 15) is 0 Å². The van der Waals surface area contributed by atoms with Crippen LogP contribution in [0.1, 0.15) is 30.0 Å². The van der Waals surface area contributed by atoms with E-state index in [1.54, 1.807) is 18.4 Å². The predicted molar refractivity (Wildman–Crippen MR) is 78.9 cm³/mol. The molecule has 0 saturated heterocycles. The third kappa shape index (κ3) is 6.76.